The number of rotatable bonds is 5. The molecular formula is C14H19FN2OS. The number of thiocarbonyl (C=S) groups is 1. The number of benzene rings is 1. The highest BCUT2D eigenvalue weighted by Crippen LogP contribution is 2.28. The third-order valence-corrected chi connectivity index (χ3v) is 3.79. The minimum Gasteiger partial charge on any atom is -0.393 e. The average Bonchev–Trinajstić information content (AvgIpc) is 2.29. The topological polar surface area (TPSA) is 49.5 Å². The van der Waals surface area contributed by atoms with Gasteiger partial charge in [-0.15, -0.1) is 0 Å². The molecule has 0 aliphatic heterocycles. The first-order valence-electron chi connectivity index (χ1n) is 6.40. The number of aliphatic hydroxyl groups is 1. The number of nitrogens with two attached hydrogens (primary N) is 1. The van der Waals surface area contributed by atoms with Crippen LogP contribution in [0.3, 0.4) is 0 Å². The summed E-state index contributed by atoms with van der Waals surface area (Å²) in [5, 5.41) is 9.25. The van der Waals surface area contributed by atoms with Crippen molar-refractivity contribution in [2.24, 2.45) is 11.7 Å². The molecular weight excluding hydrogens is 263 g/mol. The molecule has 0 amide bonds. The Morgan fingerprint density at radius 1 is 1.53 bits per heavy atom. The molecule has 2 rings (SSSR count). The molecule has 1 aromatic rings. The number of halogens is 1. The third kappa shape index (κ3) is 3.72. The van der Waals surface area contributed by atoms with Gasteiger partial charge in [0.2, 0.25) is 0 Å². The Kier molecular flexibility index (Phi) is 4.50. The van der Waals surface area contributed by atoms with Gasteiger partial charge in [-0.2, -0.15) is 0 Å². The predicted molar refractivity (Wildman–Crippen MR) is 77.4 cm³/mol. The molecule has 0 spiro atoms. The maximum atomic E-state index is 13.9. The van der Waals surface area contributed by atoms with Gasteiger partial charge in [-0.3, -0.25) is 0 Å². The highest BCUT2D eigenvalue weighted by atomic mass is 32.1. The van der Waals surface area contributed by atoms with Gasteiger partial charge < -0.3 is 15.7 Å². The van der Waals surface area contributed by atoms with Crippen LogP contribution >= 0.6 is 12.2 Å². The summed E-state index contributed by atoms with van der Waals surface area (Å²) in [5.41, 5.74) is 6.67. The van der Waals surface area contributed by atoms with Gasteiger partial charge in [0.05, 0.1) is 6.10 Å². The summed E-state index contributed by atoms with van der Waals surface area (Å²) in [4.78, 5) is 2.29. The van der Waals surface area contributed by atoms with E-state index in [0.29, 0.717) is 23.6 Å². The van der Waals surface area contributed by atoms with Crippen LogP contribution < -0.4 is 5.73 Å². The summed E-state index contributed by atoms with van der Waals surface area (Å²) in [7, 11) is 1.96. The first-order chi connectivity index (χ1) is 8.95. The molecule has 1 saturated carbocycles. The molecule has 104 valence electrons. The van der Waals surface area contributed by atoms with Crippen LogP contribution in [0.5, 0.6) is 0 Å². The van der Waals surface area contributed by atoms with Gasteiger partial charge in [0.1, 0.15) is 10.8 Å². The van der Waals surface area contributed by atoms with Gasteiger partial charge in [-0.05, 0) is 31.9 Å². The molecule has 3 nitrogen and oxygen atoms in total. The van der Waals surface area contributed by atoms with Gasteiger partial charge in [0.15, 0.2) is 0 Å². The molecule has 0 unspecified atom stereocenters. The second-order valence-electron chi connectivity index (χ2n) is 5.36. The van der Waals surface area contributed by atoms with Gasteiger partial charge in [0.25, 0.3) is 0 Å². The van der Waals surface area contributed by atoms with Crippen molar-refractivity contribution in [2.75, 3.05) is 13.6 Å². The van der Waals surface area contributed by atoms with E-state index in [9.17, 15) is 9.50 Å². The Labute approximate surface area is 118 Å². The molecule has 0 heterocycles. The van der Waals surface area contributed by atoms with Crippen molar-refractivity contribution in [1.82, 2.24) is 4.90 Å². The van der Waals surface area contributed by atoms with Gasteiger partial charge >= 0.3 is 0 Å². The van der Waals surface area contributed by atoms with Crippen molar-refractivity contribution in [2.45, 2.75) is 25.5 Å². The van der Waals surface area contributed by atoms with Crippen LogP contribution in [-0.2, 0) is 6.54 Å². The summed E-state index contributed by atoms with van der Waals surface area (Å²) < 4.78 is 13.9. The summed E-state index contributed by atoms with van der Waals surface area (Å²) in [6, 6.07) is 4.87. The zero-order chi connectivity index (χ0) is 14.0. The van der Waals surface area contributed by atoms with Crippen molar-refractivity contribution in [3.63, 3.8) is 0 Å². The van der Waals surface area contributed by atoms with Crippen molar-refractivity contribution >= 4 is 17.2 Å². The molecule has 1 aromatic carbocycles. The molecule has 1 aliphatic carbocycles. The van der Waals surface area contributed by atoms with Crippen LogP contribution in [0.4, 0.5) is 4.39 Å². The van der Waals surface area contributed by atoms with E-state index in [4.69, 9.17) is 18.0 Å². The summed E-state index contributed by atoms with van der Waals surface area (Å²) in [6.45, 7) is 1.43. The monoisotopic (exact) mass is 282 g/mol. The SMILES string of the molecule is CN(Cc1ccc(C(N)=S)cc1F)CC1CC(O)C1. The summed E-state index contributed by atoms with van der Waals surface area (Å²) in [6.07, 6.45) is 1.57. The van der Waals surface area contributed by atoms with E-state index in [1.165, 1.54) is 6.07 Å². The Morgan fingerprint density at radius 2 is 2.21 bits per heavy atom. The minimum atomic E-state index is -0.272. The van der Waals surface area contributed by atoms with Crippen molar-refractivity contribution in [1.29, 1.82) is 0 Å². The average molecular weight is 282 g/mol. The van der Waals surface area contributed by atoms with Crippen LogP contribution in [-0.4, -0.2) is 34.7 Å². The van der Waals surface area contributed by atoms with E-state index in [2.05, 4.69) is 4.90 Å². The van der Waals surface area contributed by atoms with Crippen LogP contribution in [0.1, 0.15) is 24.0 Å². The van der Waals surface area contributed by atoms with Crippen LogP contribution in [0, 0.1) is 11.7 Å². The molecule has 3 N–H and O–H groups in total. The fourth-order valence-corrected chi connectivity index (χ4v) is 2.60. The van der Waals surface area contributed by atoms with E-state index in [1.807, 2.05) is 7.05 Å². The zero-order valence-electron chi connectivity index (χ0n) is 11.0. The minimum absolute atomic E-state index is 0.139. The number of nitrogens with zero attached hydrogens (tertiary/aromatic N) is 1. The first-order valence-corrected chi connectivity index (χ1v) is 6.81. The lowest BCUT2D eigenvalue weighted by Crippen LogP contribution is -2.36. The standard InChI is InChI=1S/C14H19FN2OS/c1-17(7-9-4-12(18)5-9)8-11-3-2-10(14(16)19)6-13(11)15/h2-3,6,9,12,18H,4-5,7-8H2,1H3,(H2,16,19). The molecule has 5 heteroatoms. The normalized spacial score (nSPS) is 22.3. The number of aliphatic hydroxyl groups excluding tert-OH is 1. The molecule has 0 aromatic heterocycles. The molecule has 1 aliphatic rings. The lowest BCUT2D eigenvalue weighted by molar-refractivity contribution is 0.0272. The van der Waals surface area contributed by atoms with E-state index in [-0.39, 0.29) is 16.9 Å². The van der Waals surface area contributed by atoms with Crippen molar-refractivity contribution in [3.8, 4) is 0 Å². The zero-order valence-corrected chi connectivity index (χ0v) is 11.8. The smallest absolute Gasteiger partial charge is 0.128 e. The Hall–Kier alpha value is -1.04. The third-order valence-electron chi connectivity index (χ3n) is 3.56. The van der Waals surface area contributed by atoms with E-state index in [1.54, 1.807) is 12.1 Å². The van der Waals surface area contributed by atoms with Crippen LogP contribution in [0.2, 0.25) is 0 Å². The Bertz CT molecular complexity index is 475. The summed E-state index contributed by atoms with van der Waals surface area (Å²) >= 11 is 4.82. The van der Waals surface area contributed by atoms with E-state index in [0.717, 1.165) is 19.4 Å². The fourth-order valence-electron chi connectivity index (χ4n) is 2.47. The summed E-state index contributed by atoms with van der Waals surface area (Å²) in [5.74, 6) is 0.254. The predicted octanol–water partition coefficient (Wildman–Crippen LogP) is 1.66. The maximum absolute atomic E-state index is 13.9. The van der Waals surface area contributed by atoms with E-state index < -0.39 is 0 Å². The van der Waals surface area contributed by atoms with Gasteiger partial charge in [0, 0.05) is 24.2 Å². The van der Waals surface area contributed by atoms with Gasteiger partial charge in [-0.1, -0.05) is 24.4 Å². The highest BCUT2D eigenvalue weighted by molar-refractivity contribution is 7.80. The largest absolute Gasteiger partial charge is 0.393 e. The van der Waals surface area contributed by atoms with Crippen molar-refractivity contribution < 1.29 is 9.50 Å². The van der Waals surface area contributed by atoms with Gasteiger partial charge in [-0.25, -0.2) is 4.39 Å². The van der Waals surface area contributed by atoms with Crippen LogP contribution in [0.25, 0.3) is 0 Å². The molecule has 19 heavy (non-hydrogen) atoms. The number of hydrogen-bond donors (Lipinski definition) is 2. The maximum Gasteiger partial charge on any atom is 0.128 e. The molecule has 0 radical (unpaired) electrons. The molecule has 1 fully saturated rings. The fraction of sp³-hybridized carbons (Fsp3) is 0.500. The molecule has 0 bridgehead atoms. The Morgan fingerprint density at radius 3 is 2.74 bits per heavy atom. The van der Waals surface area contributed by atoms with E-state index >= 15 is 0 Å². The molecule has 0 atom stereocenters. The Balaban J connectivity index is 1.93. The van der Waals surface area contributed by atoms with Crippen molar-refractivity contribution in [3.05, 3.63) is 35.1 Å². The first kappa shape index (κ1) is 14.4. The second kappa shape index (κ2) is 5.94. The number of hydrogen-bond acceptors (Lipinski definition) is 3. The second-order valence-corrected chi connectivity index (χ2v) is 5.80. The highest BCUT2D eigenvalue weighted by Gasteiger charge is 2.27. The quantitative estimate of drug-likeness (QED) is 0.807. The lowest BCUT2D eigenvalue weighted by atomic mass is 9.82. The lowest BCUT2D eigenvalue weighted by Gasteiger charge is -2.34. The van der Waals surface area contributed by atoms with Crippen LogP contribution in [0.15, 0.2) is 18.2 Å². The molecule has 0 saturated heterocycles.